The average molecular weight is 225 g/mol. The highest BCUT2D eigenvalue weighted by molar-refractivity contribution is 6.33. The Balaban J connectivity index is 2.70. The summed E-state index contributed by atoms with van der Waals surface area (Å²) in [5.74, 6) is -0.558. The third-order valence-corrected chi connectivity index (χ3v) is 2.34. The van der Waals surface area contributed by atoms with Crippen molar-refractivity contribution in [1.29, 1.82) is 0 Å². The van der Waals surface area contributed by atoms with Crippen LogP contribution in [-0.2, 0) is 0 Å². The third kappa shape index (κ3) is 1.76. The lowest BCUT2D eigenvalue weighted by molar-refractivity contribution is 0.629. The molecule has 0 aliphatic heterocycles. The van der Waals surface area contributed by atoms with E-state index in [-0.39, 0.29) is 16.1 Å². The van der Waals surface area contributed by atoms with Crippen molar-refractivity contribution in [2.24, 2.45) is 0 Å². The minimum atomic E-state index is -0.558. The number of hydrogen-bond acceptors (Lipinski definition) is 2. The van der Waals surface area contributed by atoms with Crippen LogP contribution in [-0.4, -0.2) is 9.97 Å². The summed E-state index contributed by atoms with van der Waals surface area (Å²) in [6.07, 6.45) is 2.61. The fourth-order valence-corrected chi connectivity index (χ4v) is 1.48. The molecule has 5 heteroatoms. The molecule has 1 aromatic carbocycles. The highest BCUT2D eigenvalue weighted by Gasteiger charge is 2.10. The first-order valence-corrected chi connectivity index (χ1v) is 4.55. The maximum absolute atomic E-state index is 13.1. The Kier molecular flexibility index (Phi) is 2.51. The number of nitrogens with one attached hydrogen (secondary N) is 1. The van der Waals surface area contributed by atoms with Gasteiger partial charge in [-0.05, 0) is 6.07 Å². The summed E-state index contributed by atoms with van der Waals surface area (Å²) >= 11 is 5.74. The van der Waals surface area contributed by atoms with E-state index in [1.807, 2.05) is 0 Å². The number of hydrogen-bond donors (Lipinski definition) is 1. The highest BCUT2D eigenvalue weighted by atomic mass is 35.5. The number of halogens is 2. The van der Waals surface area contributed by atoms with Gasteiger partial charge in [0.2, 0.25) is 0 Å². The van der Waals surface area contributed by atoms with Gasteiger partial charge in [-0.3, -0.25) is 4.79 Å². The van der Waals surface area contributed by atoms with Gasteiger partial charge in [0.15, 0.2) is 0 Å². The minimum absolute atomic E-state index is 0.0731. The van der Waals surface area contributed by atoms with Crippen LogP contribution in [0.1, 0.15) is 0 Å². The summed E-state index contributed by atoms with van der Waals surface area (Å²) < 4.78 is 13.1. The molecule has 0 amide bonds. The van der Waals surface area contributed by atoms with Gasteiger partial charge in [0.05, 0.1) is 16.9 Å². The number of aromatic nitrogens is 2. The first-order chi connectivity index (χ1) is 7.20. The predicted octanol–water partition coefficient (Wildman–Crippen LogP) is 2.23. The molecule has 0 aliphatic carbocycles. The Labute approximate surface area is 89.6 Å². The van der Waals surface area contributed by atoms with E-state index in [0.717, 1.165) is 0 Å². The van der Waals surface area contributed by atoms with E-state index in [0.29, 0.717) is 5.56 Å². The molecule has 0 saturated carbocycles. The van der Waals surface area contributed by atoms with Gasteiger partial charge in [0.1, 0.15) is 5.82 Å². The standard InChI is InChI=1S/C10H6ClFN2O/c11-9-6(2-1-3-8(9)12)7-4-13-5-14-10(7)15/h1-5H,(H,13,14,15). The molecule has 0 atom stereocenters. The fourth-order valence-electron chi connectivity index (χ4n) is 1.25. The molecule has 0 fully saturated rings. The Morgan fingerprint density at radius 1 is 1.33 bits per heavy atom. The summed E-state index contributed by atoms with van der Waals surface area (Å²) in [7, 11) is 0. The lowest BCUT2D eigenvalue weighted by atomic mass is 10.1. The Hall–Kier alpha value is -1.68. The van der Waals surface area contributed by atoms with Crippen LogP contribution >= 0.6 is 11.6 Å². The van der Waals surface area contributed by atoms with Crippen LogP contribution < -0.4 is 5.56 Å². The van der Waals surface area contributed by atoms with E-state index in [1.54, 1.807) is 6.07 Å². The third-order valence-electron chi connectivity index (χ3n) is 1.96. The van der Waals surface area contributed by atoms with Crippen LogP contribution in [0.3, 0.4) is 0 Å². The van der Waals surface area contributed by atoms with E-state index >= 15 is 0 Å². The zero-order valence-corrected chi connectivity index (χ0v) is 8.25. The van der Waals surface area contributed by atoms with Gasteiger partial charge in [-0.2, -0.15) is 0 Å². The molecule has 0 unspecified atom stereocenters. The van der Waals surface area contributed by atoms with Crippen LogP contribution in [0.4, 0.5) is 4.39 Å². The Bertz CT molecular complexity index is 553. The second kappa shape index (κ2) is 3.82. The normalized spacial score (nSPS) is 10.3. The average Bonchev–Trinajstić information content (AvgIpc) is 2.23. The zero-order valence-electron chi connectivity index (χ0n) is 7.50. The number of aromatic amines is 1. The topological polar surface area (TPSA) is 45.8 Å². The van der Waals surface area contributed by atoms with E-state index < -0.39 is 5.82 Å². The van der Waals surface area contributed by atoms with Crippen molar-refractivity contribution < 1.29 is 4.39 Å². The van der Waals surface area contributed by atoms with Gasteiger partial charge in [-0.25, -0.2) is 9.37 Å². The molecule has 1 heterocycles. The minimum Gasteiger partial charge on any atom is -0.313 e. The fraction of sp³-hybridized carbons (Fsp3) is 0. The second-order valence-electron chi connectivity index (χ2n) is 2.90. The smallest absolute Gasteiger partial charge is 0.258 e. The highest BCUT2D eigenvalue weighted by Crippen LogP contribution is 2.26. The van der Waals surface area contributed by atoms with E-state index in [4.69, 9.17) is 11.6 Å². The molecule has 2 rings (SSSR count). The van der Waals surface area contributed by atoms with Crippen molar-refractivity contribution in [3.05, 3.63) is 51.9 Å². The van der Waals surface area contributed by atoms with Gasteiger partial charge >= 0.3 is 0 Å². The van der Waals surface area contributed by atoms with Crippen LogP contribution in [0, 0.1) is 5.82 Å². The van der Waals surface area contributed by atoms with Gasteiger partial charge in [0.25, 0.3) is 5.56 Å². The van der Waals surface area contributed by atoms with Crippen molar-refractivity contribution in [1.82, 2.24) is 9.97 Å². The molecule has 0 spiro atoms. The maximum Gasteiger partial charge on any atom is 0.258 e. The number of nitrogens with zero attached hydrogens (tertiary/aromatic N) is 1. The van der Waals surface area contributed by atoms with Crippen molar-refractivity contribution >= 4 is 11.6 Å². The van der Waals surface area contributed by atoms with E-state index in [9.17, 15) is 9.18 Å². The molecule has 0 bridgehead atoms. The summed E-state index contributed by atoms with van der Waals surface area (Å²) in [6, 6.07) is 4.29. The van der Waals surface area contributed by atoms with Crippen molar-refractivity contribution in [3.8, 4) is 11.1 Å². The molecule has 0 radical (unpaired) electrons. The van der Waals surface area contributed by atoms with E-state index in [1.165, 1.54) is 24.7 Å². The second-order valence-corrected chi connectivity index (χ2v) is 3.27. The van der Waals surface area contributed by atoms with Crippen LogP contribution in [0.2, 0.25) is 5.02 Å². The summed E-state index contributed by atoms with van der Waals surface area (Å²) in [4.78, 5) is 17.6. The zero-order chi connectivity index (χ0) is 10.8. The lowest BCUT2D eigenvalue weighted by Gasteiger charge is -2.02. The lowest BCUT2D eigenvalue weighted by Crippen LogP contribution is -2.08. The largest absolute Gasteiger partial charge is 0.313 e. The molecule has 1 aromatic heterocycles. The SMILES string of the molecule is O=c1[nH]cncc1-c1cccc(F)c1Cl. The van der Waals surface area contributed by atoms with Crippen LogP contribution in [0.5, 0.6) is 0 Å². The van der Waals surface area contributed by atoms with E-state index in [2.05, 4.69) is 9.97 Å². The molecule has 3 nitrogen and oxygen atoms in total. The number of benzene rings is 1. The predicted molar refractivity (Wildman–Crippen MR) is 55.3 cm³/mol. The Morgan fingerprint density at radius 2 is 2.13 bits per heavy atom. The van der Waals surface area contributed by atoms with Crippen LogP contribution in [0.15, 0.2) is 35.5 Å². The summed E-state index contributed by atoms with van der Waals surface area (Å²) in [5.41, 5.74) is 0.241. The first-order valence-electron chi connectivity index (χ1n) is 4.17. The first kappa shape index (κ1) is 9.86. The van der Waals surface area contributed by atoms with Crippen molar-refractivity contribution in [3.63, 3.8) is 0 Å². The maximum atomic E-state index is 13.1. The quantitative estimate of drug-likeness (QED) is 0.808. The molecule has 2 aromatic rings. The van der Waals surface area contributed by atoms with Gasteiger partial charge in [-0.15, -0.1) is 0 Å². The number of H-pyrrole nitrogens is 1. The van der Waals surface area contributed by atoms with Gasteiger partial charge < -0.3 is 4.98 Å². The van der Waals surface area contributed by atoms with Crippen molar-refractivity contribution in [2.45, 2.75) is 0 Å². The van der Waals surface area contributed by atoms with Gasteiger partial charge in [0, 0.05) is 11.8 Å². The molecule has 1 N–H and O–H groups in total. The number of rotatable bonds is 1. The molecular formula is C10H6ClFN2O. The van der Waals surface area contributed by atoms with Gasteiger partial charge in [-0.1, -0.05) is 23.7 Å². The summed E-state index contributed by atoms with van der Waals surface area (Å²) in [6.45, 7) is 0. The molecule has 0 saturated heterocycles. The van der Waals surface area contributed by atoms with Crippen LogP contribution in [0.25, 0.3) is 11.1 Å². The molecule has 15 heavy (non-hydrogen) atoms. The monoisotopic (exact) mass is 224 g/mol. The summed E-state index contributed by atoms with van der Waals surface area (Å²) in [5, 5.41) is -0.0731. The molecule has 0 aliphatic rings. The van der Waals surface area contributed by atoms with Crippen molar-refractivity contribution in [2.75, 3.05) is 0 Å². The molecular weight excluding hydrogens is 219 g/mol. The Morgan fingerprint density at radius 3 is 2.87 bits per heavy atom. The molecule has 76 valence electrons.